The van der Waals surface area contributed by atoms with Crippen LogP contribution in [0, 0.1) is 5.41 Å². The first kappa shape index (κ1) is 12.0. The van der Waals surface area contributed by atoms with Crippen LogP contribution in [0.2, 0.25) is 0 Å². The molecule has 2 aliphatic rings. The maximum atomic E-state index is 3.75. The van der Waals surface area contributed by atoms with Gasteiger partial charge in [0.25, 0.3) is 0 Å². The number of hydrogen-bond donors (Lipinski definition) is 0. The van der Waals surface area contributed by atoms with Crippen LogP contribution < -0.4 is 0 Å². The molecule has 0 saturated carbocycles. The molecule has 1 aromatic rings. The molecule has 0 aliphatic heterocycles. The van der Waals surface area contributed by atoms with E-state index in [9.17, 15) is 0 Å². The Morgan fingerprint density at radius 1 is 1.22 bits per heavy atom. The topological polar surface area (TPSA) is 0 Å². The monoisotopic (exact) mass is 300 g/mol. The van der Waals surface area contributed by atoms with Crippen LogP contribution >= 0.6 is 15.9 Å². The fraction of sp³-hybridized carbons (Fsp3) is 0.294. The van der Waals surface area contributed by atoms with Crippen LogP contribution in [0.25, 0.3) is 6.08 Å². The minimum atomic E-state index is 0.268. The molecule has 92 valence electrons. The van der Waals surface area contributed by atoms with Gasteiger partial charge in [-0.2, -0.15) is 0 Å². The van der Waals surface area contributed by atoms with E-state index >= 15 is 0 Å². The fourth-order valence-corrected chi connectivity index (χ4v) is 3.78. The fourth-order valence-electron chi connectivity index (χ4n) is 2.75. The lowest BCUT2D eigenvalue weighted by atomic mass is 9.80. The molecule has 0 saturated heterocycles. The van der Waals surface area contributed by atoms with Gasteiger partial charge in [-0.25, -0.2) is 0 Å². The summed E-state index contributed by atoms with van der Waals surface area (Å²) in [6.07, 6.45) is 10.4. The molecule has 0 bridgehead atoms. The number of rotatable bonds is 1. The van der Waals surface area contributed by atoms with Gasteiger partial charge in [0, 0.05) is 10.4 Å². The average Bonchev–Trinajstić information content (AvgIpc) is 2.72. The Bertz CT molecular complexity index is 573. The van der Waals surface area contributed by atoms with Crippen molar-refractivity contribution in [1.29, 1.82) is 0 Å². The third-order valence-electron chi connectivity index (χ3n) is 3.78. The number of allylic oxidation sites excluding steroid dienone is 5. The Kier molecular flexibility index (Phi) is 2.82. The van der Waals surface area contributed by atoms with Crippen LogP contribution in [0.15, 0.2) is 52.5 Å². The maximum absolute atomic E-state index is 3.75. The van der Waals surface area contributed by atoms with Crippen LogP contribution in [0.5, 0.6) is 0 Å². The lowest BCUT2D eigenvalue weighted by molar-refractivity contribution is 0.479. The van der Waals surface area contributed by atoms with Crippen LogP contribution in [0.1, 0.15) is 37.3 Å². The highest BCUT2D eigenvalue weighted by molar-refractivity contribution is 9.12. The van der Waals surface area contributed by atoms with Crippen molar-refractivity contribution in [3.8, 4) is 0 Å². The first-order valence-electron chi connectivity index (χ1n) is 6.43. The van der Waals surface area contributed by atoms with Gasteiger partial charge in [0.1, 0.15) is 0 Å². The minimum Gasteiger partial charge on any atom is -0.0784 e. The second-order valence-corrected chi connectivity index (χ2v) is 6.66. The summed E-state index contributed by atoms with van der Waals surface area (Å²) in [5, 5.41) is 0. The molecule has 0 radical (unpaired) electrons. The highest BCUT2D eigenvalue weighted by Crippen LogP contribution is 2.44. The Balaban J connectivity index is 1.98. The molecule has 0 nitrogen and oxygen atoms in total. The molecule has 1 atom stereocenters. The van der Waals surface area contributed by atoms with Gasteiger partial charge >= 0.3 is 0 Å². The van der Waals surface area contributed by atoms with Gasteiger partial charge in [-0.15, -0.1) is 0 Å². The molecular weight excluding hydrogens is 284 g/mol. The summed E-state index contributed by atoms with van der Waals surface area (Å²) in [7, 11) is 0. The second-order valence-electron chi connectivity index (χ2n) is 5.81. The van der Waals surface area contributed by atoms with E-state index in [1.807, 2.05) is 0 Å². The molecule has 0 N–H and O–H groups in total. The van der Waals surface area contributed by atoms with Gasteiger partial charge in [-0.3, -0.25) is 0 Å². The Morgan fingerprint density at radius 3 is 2.78 bits per heavy atom. The summed E-state index contributed by atoms with van der Waals surface area (Å²) in [6, 6.07) is 8.66. The van der Waals surface area contributed by atoms with Gasteiger partial charge in [-0.05, 0) is 28.5 Å². The normalized spacial score (nSPS) is 24.5. The van der Waals surface area contributed by atoms with Gasteiger partial charge in [0.05, 0.1) is 0 Å². The van der Waals surface area contributed by atoms with Gasteiger partial charge in [-0.1, -0.05) is 78.3 Å². The maximum Gasteiger partial charge on any atom is 0.0286 e. The lowest BCUT2D eigenvalue weighted by Crippen LogP contribution is -2.13. The average molecular weight is 301 g/mol. The quantitative estimate of drug-likeness (QED) is 0.648. The lowest BCUT2D eigenvalue weighted by Gasteiger charge is -2.27. The summed E-state index contributed by atoms with van der Waals surface area (Å²) >= 11 is 3.75. The van der Waals surface area contributed by atoms with E-state index in [1.165, 1.54) is 21.2 Å². The van der Waals surface area contributed by atoms with E-state index in [1.54, 1.807) is 0 Å². The number of benzene rings is 1. The van der Waals surface area contributed by atoms with Crippen molar-refractivity contribution >= 4 is 22.0 Å². The molecule has 2 aliphatic carbocycles. The summed E-state index contributed by atoms with van der Waals surface area (Å²) in [5.74, 6) is 0.419. The highest BCUT2D eigenvalue weighted by Gasteiger charge is 2.27. The van der Waals surface area contributed by atoms with Crippen molar-refractivity contribution < 1.29 is 0 Å². The van der Waals surface area contributed by atoms with E-state index in [0.29, 0.717) is 5.92 Å². The van der Waals surface area contributed by atoms with Crippen LogP contribution in [0.4, 0.5) is 0 Å². The van der Waals surface area contributed by atoms with Crippen molar-refractivity contribution in [2.45, 2.75) is 26.2 Å². The van der Waals surface area contributed by atoms with E-state index in [4.69, 9.17) is 0 Å². The molecular formula is C17H17Br. The van der Waals surface area contributed by atoms with E-state index in [-0.39, 0.29) is 5.41 Å². The third kappa shape index (κ3) is 2.01. The summed E-state index contributed by atoms with van der Waals surface area (Å²) in [5.41, 5.74) is 4.46. The van der Waals surface area contributed by atoms with E-state index in [2.05, 4.69) is 78.3 Å². The Hall–Kier alpha value is -1.08. The zero-order valence-corrected chi connectivity index (χ0v) is 12.4. The predicted molar refractivity (Wildman–Crippen MR) is 81.7 cm³/mol. The SMILES string of the molecule is CC1(C)C=C(Br)C(C2C=Cc3ccccc32)=CC1. The largest absolute Gasteiger partial charge is 0.0784 e. The molecule has 3 rings (SSSR count). The van der Waals surface area contributed by atoms with Crippen molar-refractivity contribution in [2.24, 2.45) is 5.41 Å². The van der Waals surface area contributed by atoms with Crippen LogP contribution in [0.3, 0.4) is 0 Å². The minimum absolute atomic E-state index is 0.268. The van der Waals surface area contributed by atoms with Crippen molar-refractivity contribution in [1.82, 2.24) is 0 Å². The Labute approximate surface area is 117 Å². The first-order chi connectivity index (χ1) is 8.57. The molecule has 1 aromatic carbocycles. The third-order valence-corrected chi connectivity index (χ3v) is 4.46. The van der Waals surface area contributed by atoms with Crippen LogP contribution in [-0.4, -0.2) is 0 Å². The van der Waals surface area contributed by atoms with Gasteiger partial charge in [0.2, 0.25) is 0 Å². The van der Waals surface area contributed by atoms with Crippen molar-refractivity contribution in [3.63, 3.8) is 0 Å². The van der Waals surface area contributed by atoms with Crippen molar-refractivity contribution in [3.05, 3.63) is 63.7 Å². The smallest absolute Gasteiger partial charge is 0.0286 e. The molecule has 1 unspecified atom stereocenters. The number of fused-ring (bicyclic) bond motifs is 1. The zero-order chi connectivity index (χ0) is 12.8. The number of hydrogen-bond acceptors (Lipinski definition) is 0. The van der Waals surface area contributed by atoms with E-state index in [0.717, 1.165) is 6.42 Å². The zero-order valence-electron chi connectivity index (χ0n) is 10.8. The summed E-state index contributed by atoms with van der Waals surface area (Å²) < 4.78 is 1.25. The number of halogens is 1. The molecule has 0 heterocycles. The second kappa shape index (κ2) is 4.24. The predicted octanol–water partition coefficient (Wildman–Crippen LogP) is 5.43. The van der Waals surface area contributed by atoms with Crippen molar-refractivity contribution in [2.75, 3.05) is 0 Å². The first-order valence-corrected chi connectivity index (χ1v) is 7.22. The summed E-state index contributed by atoms with van der Waals surface area (Å²) in [6.45, 7) is 4.56. The molecule has 0 aromatic heterocycles. The molecule has 0 fully saturated rings. The van der Waals surface area contributed by atoms with E-state index < -0.39 is 0 Å². The standard InChI is InChI=1S/C17H17Br/c1-17(2)10-9-15(16(18)11-17)14-8-7-12-5-3-4-6-13(12)14/h3-9,11,14H,10H2,1-2H3. The summed E-state index contributed by atoms with van der Waals surface area (Å²) in [4.78, 5) is 0. The molecule has 1 heteroatoms. The Morgan fingerprint density at radius 2 is 2.00 bits per heavy atom. The van der Waals surface area contributed by atoms with Gasteiger partial charge in [0.15, 0.2) is 0 Å². The highest BCUT2D eigenvalue weighted by atomic mass is 79.9. The molecule has 0 amide bonds. The van der Waals surface area contributed by atoms with Gasteiger partial charge < -0.3 is 0 Å². The molecule has 0 spiro atoms. The van der Waals surface area contributed by atoms with Crippen LogP contribution in [-0.2, 0) is 0 Å². The molecule has 18 heavy (non-hydrogen) atoms.